The van der Waals surface area contributed by atoms with Gasteiger partial charge in [-0.2, -0.15) is 5.10 Å². The molecule has 0 saturated heterocycles. The highest BCUT2D eigenvalue weighted by molar-refractivity contribution is 5.63. The van der Waals surface area contributed by atoms with E-state index in [2.05, 4.69) is 43.1 Å². The van der Waals surface area contributed by atoms with Gasteiger partial charge in [-0.1, -0.05) is 45.0 Å². The summed E-state index contributed by atoms with van der Waals surface area (Å²) in [7, 11) is 0. The van der Waals surface area contributed by atoms with Gasteiger partial charge in [0.05, 0.1) is 11.3 Å². The van der Waals surface area contributed by atoms with Crippen LogP contribution in [0.15, 0.2) is 35.1 Å². The van der Waals surface area contributed by atoms with Gasteiger partial charge >= 0.3 is 0 Å². The Labute approximate surface area is 107 Å². The highest BCUT2D eigenvalue weighted by Gasteiger charge is 2.08. The summed E-state index contributed by atoms with van der Waals surface area (Å²) >= 11 is 0. The largest absolute Gasteiger partial charge is 0.272 e. The second-order valence-corrected chi connectivity index (χ2v) is 4.74. The van der Waals surface area contributed by atoms with Crippen LogP contribution in [0, 0.1) is 0 Å². The quantitative estimate of drug-likeness (QED) is 0.898. The molecule has 0 spiro atoms. The molecule has 0 unspecified atom stereocenters. The number of rotatable bonds is 3. The first-order valence-corrected chi connectivity index (χ1v) is 6.30. The molecule has 3 nitrogen and oxygen atoms in total. The molecule has 0 radical (unpaired) electrons. The molecule has 1 N–H and O–H groups in total. The second kappa shape index (κ2) is 5.17. The van der Waals surface area contributed by atoms with Crippen molar-refractivity contribution in [1.29, 1.82) is 0 Å². The van der Waals surface area contributed by atoms with Crippen LogP contribution in [0.3, 0.4) is 0 Å². The van der Waals surface area contributed by atoms with E-state index in [1.165, 1.54) is 5.56 Å². The minimum atomic E-state index is -0.132. The molecular formula is C15H18N2O. The van der Waals surface area contributed by atoms with Gasteiger partial charge in [0.2, 0.25) is 0 Å². The van der Waals surface area contributed by atoms with Gasteiger partial charge in [0, 0.05) is 0 Å². The lowest BCUT2D eigenvalue weighted by molar-refractivity contribution is 0.778. The number of hydrogen-bond acceptors (Lipinski definition) is 2. The molecule has 0 saturated carbocycles. The van der Waals surface area contributed by atoms with Crippen molar-refractivity contribution in [2.75, 3.05) is 0 Å². The SMILES string of the molecule is CCc1cccc(-c2cc(C(C)C)n[nH]c2=O)c1. The summed E-state index contributed by atoms with van der Waals surface area (Å²) in [6.45, 7) is 6.23. The Kier molecular flexibility index (Phi) is 3.60. The third-order valence-corrected chi connectivity index (χ3v) is 3.06. The van der Waals surface area contributed by atoms with Crippen LogP contribution in [0.4, 0.5) is 0 Å². The smallest absolute Gasteiger partial charge is 0.267 e. The lowest BCUT2D eigenvalue weighted by Crippen LogP contribution is -2.13. The fraction of sp³-hybridized carbons (Fsp3) is 0.333. The number of nitrogens with zero attached hydrogens (tertiary/aromatic N) is 1. The fourth-order valence-corrected chi connectivity index (χ4v) is 1.89. The van der Waals surface area contributed by atoms with Gasteiger partial charge in [-0.25, -0.2) is 5.10 Å². The van der Waals surface area contributed by atoms with E-state index in [4.69, 9.17) is 0 Å². The van der Waals surface area contributed by atoms with E-state index < -0.39 is 0 Å². The summed E-state index contributed by atoms with van der Waals surface area (Å²) < 4.78 is 0. The van der Waals surface area contributed by atoms with Crippen LogP contribution >= 0.6 is 0 Å². The minimum Gasteiger partial charge on any atom is -0.267 e. The van der Waals surface area contributed by atoms with Crippen LogP contribution in [0.1, 0.15) is 37.9 Å². The molecule has 0 bridgehead atoms. The van der Waals surface area contributed by atoms with Crippen LogP contribution < -0.4 is 5.56 Å². The lowest BCUT2D eigenvalue weighted by Gasteiger charge is -2.07. The summed E-state index contributed by atoms with van der Waals surface area (Å²) in [5.74, 6) is 0.301. The molecule has 2 aromatic rings. The second-order valence-electron chi connectivity index (χ2n) is 4.74. The Morgan fingerprint density at radius 1 is 1.28 bits per heavy atom. The van der Waals surface area contributed by atoms with E-state index in [0.29, 0.717) is 11.5 Å². The predicted molar refractivity (Wildman–Crippen MR) is 73.8 cm³/mol. The van der Waals surface area contributed by atoms with Crippen molar-refractivity contribution in [3.8, 4) is 11.1 Å². The molecule has 1 aromatic carbocycles. The summed E-state index contributed by atoms with van der Waals surface area (Å²) in [6, 6.07) is 9.98. The highest BCUT2D eigenvalue weighted by atomic mass is 16.1. The molecule has 0 aliphatic rings. The van der Waals surface area contributed by atoms with E-state index in [9.17, 15) is 4.79 Å². The molecule has 0 aliphatic carbocycles. The zero-order valence-electron chi connectivity index (χ0n) is 11.0. The molecular weight excluding hydrogens is 224 g/mol. The molecule has 0 fully saturated rings. The van der Waals surface area contributed by atoms with Gasteiger partial charge in [-0.3, -0.25) is 4.79 Å². The van der Waals surface area contributed by atoms with Gasteiger partial charge in [-0.05, 0) is 29.5 Å². The van der Waals surface area contributed by atoms with E-state index in [0.717, 1.165) is 17.7 Å². The van der Waals surface area contributed by atoms with Gasteiger partial charge < -0.3 is 0 Å². The summed E-state index contributed by atoms with van der Waals surface area (Å²) in [5.41, 5.74) is 3.66. The van der Waals surface area contributed by atoms with Gasteiger partial charge in [0.25, 0.3) is 5.56 Å². The number of H-pyrrole nitrogens is 1. The molecule has 94 valence electrons. The van der Waals surface area contributed by atoms with Gasteiger partial charge in [0.1, 0.15) is 0 Å². The number of aromatic amines is 1. The molecule has 1 heterocycles. The van der Waals surface area contributed by atoms with Crippen LogP contribution in [-0.2, 0) is 6.42 Å². The van der Waals surface area contributed by atoms with Crippen LogP contribution in [0.25, 0.3) is 11.1 Å². The van der Waals surface area contributed by atoms with Crippen molar-refractivity contribution >= 4 is 0 Å². The molecule has 0 aliphatic heterocycles. The maximum atomic E-state index is 11.9. The molecule has 1 aromatic heterocycles. The van der Waals surface area contributed by atoms with Gasteiger partial charge in [-0.15, -0.1) is 0 Å². The lowest BCUT2D eigenvalue weighted by atomic mass is 10.0. The first-order valence-electron chi connectivity index (χ1n) is 6.30. The first-order chi connectivity index (χ1) is 8.61. The van der Waals surface area contributed by atoms with Crippen molar-refractivity contribution in [1.82, 2.24) is 10.2 Å². The Balaban J connectivity index is 2.55. The average Bonchev–Trinajstić information content (AvgIpc) is 2.39. The third-order valence-electron chi connectivity index (χ3n) is 3.06. The molecule has 3 heteroatoms. The molecule has 0 atom stereocenters. The van der Waals surface area contributed by atoms with E-state index in [1.807, 2.05) is 18.2 Å². The molecule has 0 amide bonds. The Morgan fingerprint density at radius 2 is 2.06 bits per heavy atom. The van der Waals surface area contributed by atoms with Crippen molar-refractivity contribution < 1.29 is 0 Å². The first kappa shape index (κ1) is 12.6. The van der Waals surface area contributed by atoms with E-state index >= 15 is 0 Å². The Morgan fingerprint density at radius 3 is 2.72 bits per heavy atom. The maximum Gasteiger partial charge on any atom is 0.272 e. The number of aryl methyl sites for hydroxylation is 1. The predicted octanol–water partition coefficient (Wildman–Crippen LogP) is 3.12. The number of nitrogens with one attached hydrogen (secondary N) is 1. The van der Waals surface area contributed by atoms with Crippen LogP contribution in [0.5, 0.6) is 0 Å². The minimum absolute atomic E-state index is 0.132. The van der Waals surface area contributed by atoms with Crippen molar-refractivity contribution in [2.24, 2.45) is 0 Å². The number of aromatic nitrogens is 2. The zero-order chi connectivity index (χ0) is 13.1. The monoisotopic (exact) mass is 242 g/mol. The van der Waals surface area contributed by atoms with E-state index in [-0.39, 0.29) is 5.56 Å². The van der Waals surface area contributed by atoms with E-state index in [1.54, 1.807) is 0 Å². The standard InChI is InChI=1S/C15H18N2O/c1-4-11-6-5-7-12(8-11)13-9-14(10(2)3)16-17-15(13)18/h5-10H,4H2,1-3H3,(H,17,18). The highest BCUT2D eigenvalue weighted by Crippen LogP contribution is 2.20. The van der Waals surface area contributed by atoms with Crippen LogP contribution in [-0.4, -0.2) is 10.2 Å². The van der Waals surface area contributed by atoms with Crippen LogP contribution in [0.2, 0.25) is 0 Å². The summed E-state index contributed by atoms with van der Waals surface area (Å²) in [6.07, 6.45) is 0.966. The van der Waals surface area contributed by atoms with Crippen molar-refractivity contribution in [2.45, 2.75) is 33.1 Å². The number of hydrogen-bond donors (Lipinski definition) is 1. The van der Waals surface area contributed by atoms with Gasteiger partial charge in [0.15, 0.2) is 0 Å². The number of benzene rings is 1. The third kappa shape index (κ3) is 2.50. The summed E-state index contributed by atoms with van der Waals surface area (Å²) in [5, 5.41) is 6.65. The average molecular weight is 242 g/mol. The molecule has 2 rings (SSSR count). The van der Waals surface area contributed by atoms with Crippen molar-refractivity contribution in [3.05, 3.63) is 51.9 Å². The summed E-state index contributed by atoms with van der Waals surface area (Å²) in [4.78, 5) is 11.9. The van der Waals surface area contributed by atoms with Crippen molar-refractivity contribution in [3.63, 3.8) is 0 Å². The maximum absolute atomic E-state index is 11.9. The topological polar surface area (TPSA) is 45.8 Å². The molecule has 18 heavy (non-hydrogen) atoms. The normalized spacial score (nSPS) is 10.9. The fourth-order valence-electron chi connectivity index (χ4n) is 1.89. The Hall–Kier alpha value is -1.90. The zero-order valence-corrected chi connectivity index (χ0v) is 11.0. The Bertz CT molecular complexity index is 599.